The van der Waals surface area contributed by atoms with Crippen LogP contribution in [-0.2, 0) is 0 Å². The molecule has 2 heteroatoms. The van der Waals surface area contributed by atoms with E-state index >= 15 is 0 Å². The van der Waals surface area contributed by atoms with Crippen LogP contribution < -0.4 is 9.64 Å². The molecule has 0 saturated heterocycles. The fourth-order valence-electron chi connectivity index (χ4n) is 3.39. The summed E-state index contributed by atoms with van der Waals surface area (Å²) in [7, 11) is 2.10. The molecule has 0 fully saturated rings. The van der Waals surface area contributed by atoms with Gasteiger partial charge in [0.2, 0.25) is 0 Å². The van der Waals surface area contributed by atoms with E-state index in [1.165, 1.54) is 16.2 Å². The van der Waals surface area contributed by atoms with Crippen molar-refractivity contribution in [3.63, 3.8) is 0 Å². The maximum atomic E-state index is 6.33. The van der Waals surface area contributed by atoms with Gasteiger partial charge >= 0.3 is 0 Å². The summed E-state index contributed by atoms with van der Waals surface area (Å²) in [6.45, 7) is 0. The van der Waals surface area contributed by atoms with Crippen LogP contribution in [0.2, 0.25) is 0 Å². The van der Waals surface area contributed by atoms with Gasteiger partial charge in [0.15, 0.2) is 11.5 Å². The highest BCUT2D eigenvalue weighted by atomic mass is 16.5. The molecule has 0 bridgehead atoms. The summed E-state index contributed by atoms with van der Waals surface area (Å²) < 4.78 is 6.33. The van der Waals surface area contributed by atoms with Crippen molar-refractivity contribution in [3.8, 4) is 11.5 Å². The summed E-state index contributed by atoms with van der Waals surface area (Å²) in [5.74, 6) is 1.85. The highest BCUT2D eigenvalue weighted by Gasteiger charge is 2.23. The lowest BCUT2D eigenvalue weighted by Gasteiger charge is -2.31. The minimum Gasteiger partial charge on any atom is -0.452 e. The second-order valence-electron chi connectivity index (χ2n) is 5.96. The summed E-state index contributed by atoms with van der Waals surface area (Å²) in [6, 6.07) is 25.4. The first-order chi connectivity index (χ1) is 11.3. The third kappa shape index (κ3) is 1.75. The van der Waals surface area contributed by atoms with Crippen LogP contribution in [0.1, 0.15) is 0 Å². The molecule has 23 heavy (non-hydrogen) atoms. The first kappa shape index (κ1) is 12.5. The van der Waals surface area contributed by atoms with E-state index in [2.05, 4.69) is 84.7 Å². The number of hydrogen-bond donors (Lipinski definition) is 0. The van der Waals surface area contributed by atoms with Gasteiger partial charge in [0.05, 0.1) is 11.4 Å². The van der Waals surface area contributed by atoms with Crippen molar-refractivity contribution in [1.82, 2.24) is 0 Å². The molecule has 0 aromatic heterocycles. The number of hydrogen-bond acceptors (Lipinski definition) is 2. The van der Waals surface area contributed by atoms with Crippen LogP contribution in [0.25, 0.3) is 21.5 Å². The van der Waals surface area contributed by atoms with Gasteiger partial charge in [-0.05, 0) is 34.4 Å². The maximum absolute atomic E-state index is 6.33. The number of benzene rings is 4. The lowest BCUT2D eigenvalue weighted by molar-refractivity contribution is 0.482. The summed E-state index contributed by atoms with van der Waals surface area (Å²) in [4.78, 5) is 2.22. The summed E-state index contributed by atoms with van der Waals surface area (Å²) in [6.07, 6.45) is 0. The van der Waals surface area contributed by atoms with Crippen molar-refractivity contribution < 1.29 is 4.74 Å². The molecule has 4 aromatic carbocycles. The number of fused-ring (bicyclic) bond motifs is 5. The molecule has 0 spiro atoms. The molecule has 0 unspecified atom stereocenters. The van der Waals surface area contributed by atoms with Gasteiger partial charge in [-0.2, -0.15) is 0 Å². The Morgan fingerprint density at radius 3 is 2.22 bits per heavy atom. The molecule has 0 radical (unpaired) electrons. The third-order valence-corrected chi connectivity index (χ3v) is 4.62. The van der Waals surface area contributed by atoms with Crippen LogP contribution in [0.15, 0.2) is 72.8 Å². The van der Waals surface area contributed by atoms with Crippen LogP contribution in [-0.4, -0.2) is 7.05 Å². The molecule has 1 aliphatic heterocycles. The average Bonchev–Trinajstić information content (AvgIpc) is 2.60. The van der Waals surface area contributed by atoms with Gasteiger partial charge in [-0.3, -0.25) is 0 Å². The van der Waals surface area contributed by atoms with Crippen LogP contribution in [0.4, 0.5) is 11.4 Å². The quantitative estimate of drug-likeness (QED) is 0.402. The van der Waals surface area contributed by atoms with Gasteiger partial charge < -0.3 is 9.64 Å². The smallest absolute Gasteiger partial charge is 0.158 e. The zero-order valence-electron chi connectivity index (χ0n) is 12.8. The van der Waals surface area contributed by atoms with E-state index in [1.807, 2.05) is 0 Å². The Bertz CT molecular complexity index is 1070. The second-order valence-corrected chi connectivity index (χ2v) is 5.96. The third-order valence-electron chi connectivity index (χ3n) is 4.62. The summed E-state index contributed by atoms with van der Waals surface area (Å²) in [5.41, 5.74) is 2.21. The normalized spacial score (nSPS) is 12.8. The van der Waals surface area contributed by atoms with Crippen molar-refractivity contribution in [1.29, 1.82) is 0 Å². The van der Waals surface area contributed by atoms with Gasteiger partial charge in [0, 0.05) is 12.4 Å². The zero-order valence-corrected chi connectivity index (χ0v) is 12.8. The van der Waals surface area contributed by atoms with E-state index < -0.39 is 0 Å². The predicted molar refractivity (Wildman–Crippen MR) is 96.0 cm³/mol. The molecule has 4 aromatic rings. The highest BCUT2D eigenvalue weighted by molar-refractivity contribution is 5.99. The molecule has 1 aliphatic rings. The molecule has 0 N–H and O–H groups in total. The van der Waals surface area contributed by atoms with Gasteiger partial charge in [-0.25, -0.2) is 0 Å². The largest absolute Gasteiger partial charge is 0.452 e. The van der Waals surface area contributed by atoms with E-state index in [0.717, 1.165) is 28.3 Å². The monoisotopic (exact) mass is 297 g/mol. The Morgan fingerprint density at radius 1 is 0.696 bits per heavy atom. The molecule has 0 amide bonds. The van der Waals surface area contributed by atoms with E-state index in [9.17, 15) is 0 Å². The Morgan fingerprint density at radius 2 is 1.39 bits per heavy atom. The average molecular weight is 297 g/mol. The van der Waals surface area contributed by atoms with Crippen molar-refractivity contribution in [3.05, 3.63) is 72.8 Å². The van der Waals surface area contributed by atoms with E-state index in [1.54, 1.807) is 0 Å². The Hall–Kier alpha value is -3.00. The van der Waals surface area contributed by atoms with Crippen LogP contribution >= 0.6 is 0 Å². The molecule has 2 nitrogen and oxygen atoms in total. The van der Waals surface area contributed by atoms with Crippen LogP contribution in [0.3, 0.4) is 0 Å². The Balaban J connectivity index is 1.80. The molecule has 110 valence electrons. The maximum Gasteiger partial charge on any atom is 0.158 e. The molecule has 1 heterocycles. The van der Waals surface area contributed by atoms with Crippen molar-refractivity contribution in [2.45, 2.75) is 0 Å². The SMILES string of the molecule is CN1c2cc3ccccc3cc2Oc2c1ccc1ccccc21. The number of ether oxygens (including phenoxy) is 1. The summed E-state index contributed by atoms with van der Waals surface area (Å²) in [5, 5.41) is 4.77. The number of anilines is 2. The lowest BCUT2D eigenvalue weighted by atomic mass is 10.0. The number of rotatable bonds is 0. The minimum atomic E-state index is 0.912. The standard InChI is InChI=1S/C21H15NO/c1-22-18-11-10-14-6-4-5-9-17(14)21(18)23-20-13-16-8-3-2-7-15(16)12-19(20)22/h2-13H,1H3. The fourth-order valence-corrected chi connectivity index (χ4v) is 3.39. The zero-order chi connectivity index (χ0) is 15.4. The second kappa shape index (κ2) is 4.50. The topological polar surface area (TPSA) is 12.5 Å². The molecule has 0 aliphatic carbocycles. The van der Waals surface area contributed by atoms with E-state index in [0.29, 0.717) is 0 Å². The van der Waals surface area contributed by atoms with Crippen LogP contribution in [0.5, 0.6) is 11.5 Å². The molecule has 5 rings (SSSR count). The van der Waals surface area contributed by atoms with Gasteiger partial charge in [-0.15, -0.1) is 0 Å². The number of nitrogens with zero attached hydrogens (tertiary/aromatic N) is 1. The fraction of sp³-hybridized carbons (Fsp3) is 0.0476. The molecular formula is C21H15NO. The molecule has 0 atom stereocenters. The molecule has 0 saturated carbocycles. The minimum absolute atomic E-state index is 0.912. The first-order valence-corrected chi connectivity index (χ1v) is 7.77. The van der Waals surface area contributed by atoms with Crippen LogP contribution in [0, 0.1) is 0 Å². The lowest BCUT2D eigenvalue weighted by Crippen LogP contribution is -2.15. The van der Waals surface area contributed by atoms with Gasteiger partial charge in [-0.1, -0.05) is 54.6 Å². The van der Waals surface area contributed by atoms with E-state index in [4.69, 9.17) is 4.74 Å². The van der Waals surface area contributed by atoms with Gasteiger partial charge in [0.1, 0.15) is 0 Å². The van der Waals surface area contributed by atoms with Crippen molar-refractivity contribution >= 4 is 32.9 Å². The van der Waals surface area contributed by atoms with Crippen molar-refractivity contribution in [2.24, 2.45) is 0 Å². The highest BCUT2D eigenvalue weighted by Crippen LogP contribution is 2.49. The van der Waals surface area contributed by atoms with Gasteiger partial charge in [0.25, 0.3) is 0 Å². The van der Waals surface area contributed by atoms with Crippen molar-refractivity contribution in [2.75, 3.05) is 11.9 Å². The van der Waals surface area contributed by atoms with E-state index in [-0.39, 0.29) is 0 Å². The molecular weight excluding hydrogens is 282 g/mol. The first-order valence-electron chi connectivity index (χ1n) is 7.77. The Labute approximate surface area is 134 Å². The predicted octanol–water partition coefficient (Wildman–Crippen LogP) is 5.87. The summed E-state index contributed by atoms with van der Waals surface area (Å²) >= 11 is 0. The Kier molecular flexibility index (Phi) is 2.45.